The summed E-state index contributed by atoms with van der Waals surface area (Å²) in [5, 5.41) is 0. The molecule has 1 unspecified atom stereocenters. The molecule has 1 aromatic carbocycles. The van der Waals surface area contributed by atoms with Crippen molar-refractivity contribution in [3.05, 3.63) is 29.8 Å². The quantitative estimate of drug-likeness (QED) is 0.856. The third kappa shape index (κ3) is 3.95. The molecule has 0 aromatic heterocycles. The van der Waals surface area contributed by atoms with E-state index in [1.54, 1.807) is 7.11 Å². The number of methoxy groups -OCH3 is 1. The predicted molar refractivity (Wildman–Crippen MR) is 77.3 cm³/mol. The third-order valence-electron chi connectivity index (χ3n) is 3.96. The molecule has 1 atom stereocenters. The molecule has 1 saturated carbocycles. The largest absolute Gasteiger partial charge is 0.496 e. The lowest BCUT2D eigenvalue weighted by molar-refractivity contribution is 0.0234. The first-order valence-corrected chi connectivity index (χ1v) is 7.29. The van der Waals surface area contributed by atoms with E-state index >= 15 is 0 Å². The molecule has 1 aliphatic carbocycles. The Morgan fingerprint density at radius 3 is 2.63 bits per heavy atom. The minimum atomic E-state index is -0.0573. The van der Waals surface area contributed by atoms with Crippen LogP contribution in [0, 0.1) is 5.92 Å². The molecule has 0 saturated heterocycles. The van der Waals surface area contributed by atoms with Gasteiger partial charge in [-0.05, 0) is 24.8 Å². The molecule has 0 spiro atoms. The van der Waals surface area contributed by atoms with Crippen molar-refractivity contribution < 1.29 is 9.47 Å². The Morgan fingerprint density at radius 2 is 1.95 bits per heavy atom. The van der Waals surface area contributed by atoms with Crippen LogP contribution in [0.2, 0.25) is 0 Å². The maximum Gasteiger partial charge on any atom is 0.124 e. The van der Waals surface area contributed by atoms with Gasteiger partial charge in [-0.1, -0.05) is 37.5 Å². The van der Waals surface area contributed by atoms with Crippen molar-refractivity contribution in [2.75, 3.05) is 20.3 Å². The first kappa shape index (κ1) is 14.4. The molecule has 19 heavy (non-hydrogen) atoms. The Kier molecular flexibility index (Phi) is 5.67. The van der Waals surface area contributed by atoms with Crippen molar-refractivity contribution in [1.29, 1.82) is 0 Å². The van der Waals surface area contributed by atoms with Crippen LogP contribution in [0.4, 0.5) is 0 Å². The fraction of sp³-hybridized carbons (Fsp3) is 0.625. The molecule has 0 bridgehead atoms. The van der Waals surface area contributed by atoms with Gasteiger partial charge < -0.3 is 15.2 Å². The van der Waals surface area contributed by atoms with E-state index in [1.807, 2.05) is 24.3 Å². The maximum absolute atomic E-state index is 6.05. The Labute approximate surface area is 116 Å². The Balaban J connectivity index is 1.95. The Morgan fingerprint density at radius 1 is 1.21 bits per heavy atom. The molecule has 0 amide bonds. The van der Waals surface area contributed by atoms with Crippen LogP contribution < -0.4 is 10.5 Å². The smallest absolute Gasteiger partial charge is 0.124 e. The van der Waals surface area contributed by atoms with E-state index in [4.69, 9.17) is 15.2 Å². The van der Waals surface area contributed by atoms with Crippen molar-refractivity contribution in [1.82, 2.24) is 0 Å². The molecule has 2 rings (SSSR count). The summed E-state index contributed by atoms with van der Waals surface area (Å²) in [6.45, 7) is 1.31. The fourth-order valence-electron chi connectivity index (χ4n) is 2.82. The average molecular weight is 263 g/mol. The first-order valence-electron chi connectivity index (χ1n) is 7.29. The van der Waals surface area contributed by atoms with Crippen LogP contribution in [0.5, 0.6) is 5.75 Å². The zero-order valence-electron chi connectivity index (χ0n) is 11.8. The first-order chi connectivity index (χ1) is 9.35. The number of hydrogen-bond donors (Lipinski definition) is 1. The number of ether oxygens (including phenoxy) is 2. The molecule has 0 heterocycles. The van der Waals surface area contributed by atoms with Gasteiger partial charge in [-0.25, -0.2) is 0 Å². The van der Waals surface area contributed by atoms with Gasteiger partial charge in [-0.3, -0.25) is 0 Å². The van der Waals surface area contributed by atoms with E-state index in [1.165, 1.54) is 32.1 Å². The van der Waals surface area contributed by atoms with Gasteiger partial charge in [-0.2, -0.15) is 0 Å². The van der Waals surface area contributed by atoms with E-state index in [-0.39, 0.29) is 6.10 Å². The van der Waals surface area contributed by atoms with Gasteiger partial charge in [0.15, 0.2) is 0 Å². The van der Waals surface area contributed by atoms with E-state index in [0.29, 0.717) is 12.5 Å². The normalized spacial score (nSPS) is 18.2. The highest BCUT2D eigenvalue weighted by atomic mass is 16.5. The van der Waals surface area contributed by atoms with Crippen LogP contribution in [0.1, 0.15) is 43.8 Å². The van der Waals surface area contributed by atoms with Gasteiger partial charge >= 0.3 is 0 Å². The molecule has 0 aliphatic heterocycles. The summed E-state index contributed by atoms with van der Waals surface area (Å²) in [5.41, 5.74) is 6.92. The number of hydrogen-bond acceptors (Lipinski definition) is 3. The SMILES string of the molecule is COc1ccccc1C(CN)OCC1CCCCC1. The Bertz CT molecular complexity index is 375. The van der Waals surface area contributed by atoms with Crippen LogP contribution in [0.3, 0.4) is 0 Å². The van der Waals surface area contributed by atoms with E-state index in [0.717, 1.165) is 17.9 Å². The number of benzene rings is 1. The van der Waals surface area contributed by atoms with E-state index in [9.17, 15) is 0 Å². The van der Waals surface area contributed by atoms with Crippen LogP contribution in [-0.4, -0.2) is 20.3 Å². The highest BCUT2D eigenvalue weighted by Crippen LogP contribution is 2.29. The molecule has 1 fully saturated rings. The lowest BCUT2D eigenvalue weighted by atomic mass is 9.90. The molecule has 1 aliphatic rings. The predicted octanol–water partition coefficient (Wildman–Crippen LogP) is 3.29. The summed E-state index contributed by atoms with van der Waals surface area (Å²) in [7, 11) is 1.69. The second kappa shape index (κ2) is 7.51. The number of nitrogens with two attached hydrogens (primary N) is 1. The molecule has 2 N–H and O–H groups in total. The van der Waals surface area contributed by atoms with Crippen molar-refractivity contribution >= 4 is 0 Å². The van der Waals surface area contributed by atoms with Gasteiger partial charge in [0.1, 0.15) is 5.75 Å². The molecular formula is C16H25NO2. The Hall–Kier alpha value is -1.06. The lowest BCUT2D eigenvalue weighted by Gasteiger charge is -2.25. The second-order valence-corrected chi connectivity index (χ2v) is 5.30. The lowest BCUT2D eigenvalue weighted by Crippen LogP contribution is -2.21. The monoisotopic (exact) mass is 263 g/mol. The molecule has 3 heteroatoms. The van der Waals surface area contributed by atoms with Crippen LogP contribution in [0.15, 0.2) is 24.3 Å². The van der Waals surface area contributed by atoms with Gasteiger partial charge in [0.2, 0.25) is 0 Å². The zero-order valence-corrected chi connectivity index (χ0v) is 11.8. The molecule has 1 aromatic rings. The van der Waals surface area contributed by atoms with Gasteiger partial charge in [-0.15, -0.1) is 0 Å². The van der Waals surface area contributed by atoms with Crippen molar-refractivity contribution in [2.24, 2.45) is 11.7 Å². The highest BCUT2D eigenvalue weighted by molar-refractivity contribution is 5.35. The van der Waals surface area contributed by atoms with Gasteiger partial charge in [0.25, 0.3) is 0 Å². The van der Waals surface area contributed by atoms with Crippen LogP contribution in [-0.2, 0) is 4.74 Å². The molecule has 106 valence electrons. The third-order valence-corrected chi connectivity index (χ3v) is 3.96. The molecule has 3 nitrogen and oxygen atoms in total. The summed E-state index contributed by atoms with van der Waals surface area (Å²) in [6.07, 6.45) is 6.60. The second-order valence-electron chi connectivity index (χ2n) is 5.30. The average Bonchev–Trinajstić information content (AvgIpc) is 2.49. The fourth-order valence-corrected chi connectivity index (χ4v) is 2.82. The summed E-state index contributed by atoms with van der Waals surface area (Å²) >= 11 is 0. The van der Waals surface area contributed by atoms with E-state index < -0.39 is 0 Å². The summed E-state index contributed by atoms with van der Waals surface area (Å²) in [4.78, 5) is 0. The molecule has 0 radical (unpaired) electrons. The van der Waals surface area contributed by atoms with Gasteiger partial charge in [0.05, 0.1) is 19.8 Å². The minimum absolute atomic E-state index is 0.0573. The van der Waals surface area contributed by atoms with Crippen LogP contribution in [0.25, 0.3) is 0 Å². The molecular weight excluding hydrogens is 238 g/mol. The van der Waals surface area contributed by atoms with Gasteiger partial charge in [0, 0.05) is 12.1 Å². The zero-order chi connectivity index (χ0) is 13.5. The van der Waals surface area contributed by atoms with E-state index in [2.05, 4.69) is 0 Å². The summed E-state index contributed by atoms with van der Waals surface area (Å²) in [6, 6.07) is 7.97. The maximum atomic E-state index is 6.05. The van der Waals surface area contributed by atoms with Crippen molar-refractivity contribution in [2.45, 2.75) is 38.2 Å². The van der Waals surface area contributed by atoms with Crippen molar-refractivity contribution in [3.63, 3.8) is 0 Å². The number of rotatable bonds is 6. The van der Waals surface area contributed by atoms with Crippen LogP contribution >= 0.6 is 0 Å². The topological polar surface area (TPSA) is 44.5 Å². The summed E-state index contributed by atoms with van der Waals surface area (Å²) in [5.74, 6) is 1.57. The highest BCUT2D eigenvalue weighted by Gasteiger charge is 2.19. The summed E-state index contributed by atoms with van der Waals surface area (Å²) < 4.78 is 11.4. The standard InChI is InChI=1S/C16H25NO2/c1-18-15-10-6-5-9-14(15)16(11-17)19-12-13-7-3-2-4-8-13/h5-6,9-10,13,16H,2-4,7-8,11-12,17H2,1H3. The minimum Gasteiger partial charge on any atom is -0.496 e. The van der Waals surface area contributed by atoms with Crippen molar-refractivity contribution in [3.8, 4) is 5.75 Å². The number of para-hydroxylation sites is 1.